The number of rotatable bonds is 4. The first kappa shape index (κ1) is 18.4. The number of likely N-dealkylation sites (tertiary alicyclic amines) is 1. The SMILES string of the molecule is Cc1cccc(-c2cccc(C3CCCN(C(=O)Cc4cccnc4)C3)n2)c1. The van der Waals surface area contributed by atoms with Crippen molar-refractivity contribution in [3.05, 3.63) is 83.8 Å². The van der Waals surface area contributed by atoms with Crippen LogP contribution in [0.1, 0.15) is 35.6 Å². The maximum atomic E-state index is 12.7. The van der Waals surface area contributed by atoms with E-state index in [-0.39, 0.29) is 11.8 Å². The zero-order chi connectivity index (χ0) is 19.3. The van der Waals surface area contributed by atoms with Gasteiger partial charge < -0.3 is 4.90 Å². The number of benzene rings is 1. The van der Waals surface area contributed by atoms with E-state index in [1.807, 2.05) is 17.0 Å². The Kier molecular flexibility index (Phi) is 5.47. The first-order valence-corrected chi connectivity index (χ1v) is 9.90. The molecular weight excluding hydrogens is 346 g/mol. The van der Waals surface area contributed by atoms with Gasteiger partial charge in [0.1, 0.15) is 0 Å². The van der Waals surface area contributed by atoms with Crippen molar-refractivity contribution >= 4 is 5.91 Å². The molecule has 1 unspecified atom stereocenters. The van der Waals surface area contributed by atoms with Crippen molar-refractivity contribution in [2.24, 2.45) is 0 Å². The van der Waals surface area contributed by atoms with E-state index in [0.29, 0.717) is 6.42 Å². The van der Waals surface area contributed by atoms with Crippen LogP contribution in [-0.4, -0.2) is 33.9 Å². The van der Waals surface area contributed by atoms with E-state index in [1.165, 1.54) is 5.56 Å². The van der Waals surface area contributed by atoms with Gasteiger partial charge in [-0.2, -0.15) is 0 Å². The van der Waals surface area contributed by atoms with E-state index < -0.39 is 0 Å². The molecule has 28 heavy (non-hydrogen) atoms. The van der Waals surface area contributed by atoms with Crippen molar-refractivity contribution in [3.63, 3.8) is 0 Å². The Balaban J connectivity index is 1.49. The third kappa shape index (κ3) is 4.28. The van der Waals surface area contributed by atoms with E-state index in [1.54, 1.807) is 12.4 Å². The summed E-state index contributed by atoms with van der Waals surface area (Å²) in [6, 6.07) is 18.5. The molecule has 1 aliphatic rings. The number of pyridine rings is 2. The van der Waals surface area contributed by atoms with Crippen molar-refractivity contribution < 1.29 is 4.79 Å². The Morgan fingerprint density at radius 3 is 2.86 bits per heavy atom. The van der Waals surface area contributed by atoms with Crippen LogP contribution >= 0.6 is 0 Å². The molecule has 4 nitrogen and oxygen atoms in total. The summed E-state index contributed by atoms with van der Waals surface area (Å²) in [7, 11) is 0. The molecule has 3 heterocycles. The number of carbonyl (C=O) groups excluding carboxylic acids is 1. The topological polar surface area (TPSA) is 46.1 Å². The summed E-state index contributed by atoms with van der Waals surface area (Å²) in [6.07, 6.45) is 6.00. The predicted octanol–water partition coefficient (Wildman–Crippen LogP) is 4.40. The van der Waals surface area contributed by atoms with E-state index in [4.69, 9.17) is 4.98 Å². The third-order valence-electron chi connectivity index (χ3n) is 5.35. The fraction of sp³-hybridized carbons (Fsp3) is 0.292. The van der Waals surface area contributed by atoms with Crippen LogP contribution in [0.2, 0.25) is 0 Å². The molecule has 0 bridgehead atoms. The smallest absolute Gasteiger partial charge is 0.227 e. The number of amides is 1. The highest BCUT2D eigenvalue weighted by Gasteiger charge is 2.25. The van der Waals surface area contributed by atoms with Crippen molar-refractivity contribution in [1.29, 1.82) is 0 Å². The minimum Gasteiger partial charge on any atom is -0.342 e. The largest absolute Gasteiger partial charge is 0.342 e. The lowest BCUT2D eigenvalue weighted by molar-refractivity contribution is -0.131. The molecule has 1 fully saturated rings. The van der Waals surface area contributed by atoms with Gasteiger partial charge in [-0.1, -0.05) is 35.9 Å². The second-order valence-corrected chi connectivity index (χ2v) is 7.53. The molecule has 4 heteroatoms. The summed E-state index contributed by atoms with van der Waals surface area (Å²) in [4.78, 5) is 23.8. The molecular formula is C24H25N3O. The van der Waals surface area contributed by atoms with E-state index >= 15 is 0 Å². The number of hydrogen-bond acceptors (Lipinski definition) is 3. The van der Waals surface area contributed by atoms with Gasteiger partial charge in [0.15, 0.2) is 0 Å². The lowest BCUT2D eigenvalue weighted by Crippen LogP contribution is -2.40. The first-order valence-electron chi connectivity index (χ1n) is 9.90. The van der Waals surface area contributed by atoms with Crippen LogP contribution in [0.4, 0.5) is 0 Å². The van der Waals surface area contributed by atoms with Crippen LogP contribution in [0.5, 0.6) is 0 Å². The van der Waals surface area contributed by atoms with Gasteiger partial charge in [0.2, 0.25) is 5.91 Å². The molecule has 2 aromatic heterocycles. The standard InChI is InChI=1S/C24H25N3O/c1-18-6-2-8-20(14-18)22-10-3-11-23(26-22)21-9-5-13-27(17-21)24(28)15-19-7-4-12-25-16-19/h2-4,6-8,10-12,14,16,21H,5,9,13,15,17H2,1H3. The zero-order valence-corrected chi connectivity index (χ0v) is 16.2. The lowest BCUT2D eigenvalue weighted by Gasteiger charge is -2.32. The van der Waals surface area contributed by atoms with Crippen LogP contribution in [0.3, 0.4) is 0 Å². The lowest BCUT2D eigenvalue weighted by atomic mass is 9.93. The molecule has 4 rings (SSSR count). The molecule has 1 saturated heterocycles. The van der Waals surface area contributed by atoms with Crippen molar-refractivity contribution in [2.45, 2.75) is 32.1 Å². The summed E-state index contributed by atoms with van der Waals surface area (Å²) < 4.78 is 0. The van der Waals surface area contributed by atoms with Crippen LogP contribution in [0, 0.1) is 6.92 Å². The van der Waals surface area contributed by atoms with Crippen LogP contribution in [0.25, 0.3) is 11.3 Å². The average Bonchev–Trinajstić information content (AvgIpc) is 2.75. The van der Waals surface area contributed by atoms with Gasteiger partial charge in [-0.3, -0.25) is 14.8 Å². The highest BCUT2D eigenvalue weighted by Crippen LogP contribution is 2.28. The summed E-state index contributed by atoms with van der Waals surface area (Å²) in [5.41, 5.74) is 5.42. The van der Waals surface area contributed by atoms with E-state index in [0.717, 1.165) is 48.4 Å². The van der Waals surface area contributed by atoms with Crippen LogP contribution < -0.4 is 0 Å². The van der Waals surface area contributed by atoms with Crippen molar-refractivity contribution in [2.75, 3.05) is 13.1 Å². The Bertz CT molecular complexity index is 955. The van der Waals surface area contributed by atoms with Crippen molar-refractivity contribution in [3.8, 4) is 11.3 Å². The fourth-order valence-electron chi connectivity index (χ4n) is 3.88. The minimum absolute atomic E-state index is 0.174. The number of aromatic nitrogens is 2. The second-order valence-electron chi connectivity index (χ2n) is 7.53. The molecule has 1 atom stereocenters. The Labute approximate surface area is 166 Å². The molecule has 142 valence electrons. The highest BCUT2D eigenvalue weighted by molar-refractivity contribution is 5.78. The maximum Gasteiger partial charge on any atom is 0.227 e. The molecule has 3 aromatic rings. The Hall–Kier alpha value is -3.01. The first-order chi connectivity index (χ1) is 13.7. The molecule has 1 amide bonds. The summed E-state index contributed by atoms with van der Waals surface area (Å²) in [5, 5.41) is 0. The minimum atomic E-state index is 0.174. The molecule has 0 spiro atoms. The number of piperidine rings is 1. The average molecular weight is 371 g/mol. The normalized spacial score (nSPS) is 16.8. The quantitative estimate of drug-likeness (QED) is 0.683. The molecule has 0 saturated carbocycles. The molecule has 0 radical (unpaired) electrons. The molecule has 0 N–H and O–H groups in total. The van der Waals surface area contributed by atoms with Gasteiger partial charge in [0.05, 0.1) is 12.1 Å². The molecule has 1 aromatic carbocycles. The van der Waals surface area contributed by atoms with Gasteiger partial charge in [-0.05, 0) is 49.6 Å². The molecule has 0 aliphatic carbocycles. The van der Waals surface area contributed by atoms with Gasteiger partial charge in [-0.25, -0.2) is 0 Å². The second kappa shape index (κ2) is 8.34. The number of aryl methyl sites for hydroxylation is 1. The third-order valence-corrected chi connectivity index (χ3v) is 5.35. The van der Waals surface area contributed by atoms with Crippen LogP contribution in [-0.2, 0) is 11.2 Å². The van der Waals surface area contributed by atoms with Crippen molar-refractivity contribution in [1.82, 2.24) is 14.9 Å². The van der Waals surface area contributed by atoms with Gasteiger partial charge >= 0.3 is 0 Å². The Morgan fingerprint density at radius 2 is 2.04 bits per heavy atom. The number of hydrogen-bond donors (Lipinski definition) is 0. The molecule has 1 aliphatic heterocycles. The highest BCUT2D eigenvalue weighted by atomic mass is 16.2. The summed E-state index contributed by atoms with van der Waals surface area (Å²) >= 11 is 0. The summed E-state index contributed by atoms with van der Waals surface area (Å²) in [6.45, 7) is 3.66. The number of carbonyl (C=O) groups is 1. The van der Waals surface area contributed by atoms with E-state index in [9.17, 15) is 4.79 Å². The predicted molar refractivity (Wildman–Crippen MR) is 111 cm³/mol. The van der Waals surface area contributed by atoms with E-state index in [2.05, 4.69) is 54.4 Å². The fourth-order valence-corrected chi connectivity index (χ4v) is 3.88. The van der Waals surface area contributed by atoms with Crippen LogP contribution in [0.15, 0.2) is 67.0 Å². The summed E-state index contributed by atoms with van der Waals surface area (Å²) in [5.74, 6) is 0.462. The Morgan fingerprint density at radius 1 is 1.14 bits per heavy atom. The van der Waals surface area contributed by atoms with Gasteiger partial charge in [-0.15, -0.1) is 0 Å². The number of nitrogens with zero attached hydrogens (tertiary/aromatic N) is 3. The maximum absolute atomic E-state index is 12.7. The zero-order valence-electron chi connectivity index (χ0n) is 16.2. The monoisotopic (exact) mass is 371 g/mol. The van der Waals surface area contributed by atoms with Gasteiger partial charge in [0, 0.05) is 42.7 Å². The van der Waals surface area contributed by atoms with Gasteiger partial charge in [0.25, 0.3) is 0 Å².